The normalized spacial score (nSPS) is 10.3. The number of anilines is 2. The van der Waals surface area contributed by atoms with Gasteiger partial charge in [-0.1, -0.05) is 35.4 Å². The van der Waals surface area contributed by atoms with E-state index in [2.05, 4.69) is 5.32 Å². The van der Waals surface area contributed by atoms with E-state index in [4.69, 9.17) is 29.6 Å². The molecule has 0 aliphatic rings. The van der Waals surface area contributed by atoms with Crippen LogP contribution in [-0.4, -0.2) is 4.99 Å². The molecule has 0 heterocycles. The van der Waals surface area contributed by atoms with Crippen molar-refractivity contribution in [1.82, 2.24) is 0 Å². The molecular weight excluding hydrogens is 283 g/mol. The van der Waals surface area contributed by atoms with Crippen molar-refractivity contribution >= 4 is 40.2 Å². The fourth-order valence-electron chi connectivity index (χ4n) is 1.70. The molecule has 0 aliphatic heterocycles. The van der Waals surface area contributed by atoms with Crippen molar-refractivity contribution in [3.8, 4) is 0 Å². The van der Waals surface area contributed by atoms with Crippen molar-refractivity contribution in [2.45, 2.75) is 6.92 Å². The van der Waals surface area contributed by atoms with Crippen molar-refractivity contribution in [2.24, 2.45) is 5.73 Å². The molecule has 2 nitrogen and oxygen atoms in total. The number of nitrogens with one attached hydrogen (secondary N) is 1. The Morgan fingerprint density at radius 1 is 1.26 bits per heavy atom. The van der Waals surface area contributed by atoms with E-state index < -0.39 is 5.82 Å². The van der Waals surface area contributed by atoms with E-state index in [1.54, 1.807) is 6.07 Å². The number of aryl methyl sites for hydroxylation is 1. The van der Waals surface area contributed by atoms with Crippen molar-refractivity contribution in [2.75, 3.05) is 5.32 Å². The zero-order valence-corrected chi connectivity index (χ0v) is 11.8. The molecule has 0 radical (unpaired) electrons. The Balaban J connectivity index is 2.37. The summed E-state index contributed by atoms with van der Waals surface area (Å²) in [6, 6.07) is 10.2. The zero-order valence-electron chi connectivity index (χ0n) is 10.2. The largest absolute Gasteiger partial charge is 0.389 e. The monoisotopic (exact) mass is 294 g/mol. The van der Waals surface area contributed by atoms with Crippen LogP contribution >= 0.6 is 23.8 Å². The van der Waals surface area contributed by atoms with Crippen molar-refractivity contribution in [3.63, 3.8) is 0 Å². The molecule has 0 fully saturated rings. The Hall–Kier alpha value is -1.65. The highest BCUT2D eigenvalue weighted by atomic mass is 35.5. The number of benzene rings is 2. The Morgan fingerprint density at radius 2 is 2.00 bits per heavy atom. The van der Waals surface area contributed by atoms with E-state index in [0.717, 1.165) is 16.8 Å². The Kier molecular flexibility index (Phi) is 4.02. The van der Waals surface area contributed by atoms with Gasteiger partial charge in [0.25, 0.3) is 0 Å². The molecule has 19 heavy (non-hydrogen) atoms. The third-order valence-electron chi connectivity index (χ3n) is 2.64. The van der Waals surface area contributed by atoms with E-state index in [1.165, 1.54) is 12.1 Å². The smallest absolute Gasteiger partial charge is 0.143 e. The maximum Gasteiger partial charge on any atom is 0.143 e. The fraction of sp³-hybridized carbons (Fsp3) is 0.0714. The molecule has 98 valence electrons. The molecule has 0 aliphatic carbocycles. The number of hydrogen-bond acceptors (Lipinski definition) is 2. The van der Waals surface area contributed by atoms with Crippen LogP contribution in [0.2, 0.25) is 5.02 Å². The van der Waals surface area contributed by atoms with Crippen LogP contribution in [0.3, 0.4) is 0 Å². The zero-order chi connectivity index (χ0) is 14.0. The van der Waals surface area contributed by atoms with E-state index in [-0.39, 0.29) is 5.02 Å². The highest BCUT2D eigenvalue weighted by Gasteiger charge is 2.07. The van der Waals surface area contributed by atoms with Gasteiger partial charge in [0.15, 0.2) is 0 Å². The summed E-state index contributed by atoms with van der Waals surface area (Å²) in [6.07, 6.45) is 0. The molecular formula is C14H12ClFN2S. The van der Waals surface area contributed by atoms with Gasteiger partial charge in [-0.2, -0.15) is 0 Å². The number of rotatable bonds is 3. The van der Waals surface area contributed by atoms with E-state index in [9.17, 15) is 4.39 Å². The van der Waals surface area contributed by atoms with Crippen LogP contribution in [0.1, 0.15) is 11.1 Å². The van der Waals surface area contributed by atoms with Gasteiger partial charge in [0.2, 0.25) is 0 Å². The molecule has 0 aromatic heterocycles. The van der Waals surface area contributed by atoms with Crippen LogP contribution < -0.4 is 11.1 Å². The quantitative estimate of drug-likeness (QED) is 0.835. The van der Waals surface area contributed by atoms with Gasteiger partial charge in [0, 0.05) is 16.9 Å². The standard InChI is InChI=1S/C14H12ClFN2S/c1-8-2-5-13(10(6-8)14(17)19)18-9-3-4-11(15)12(16)7-9/h2-7,18H,1H3,(H2,17,19). The van der Waals surface area contributed by atoms with Crippen LogP contribution in [0.15, 0.2) is 36.4 Å². The molecule has 2 aromatic carbocycles. The lowest BCUT2D eigenvalue weighted by molar-refractivity contribution is 0.629. The Bertz CT molecular complexity index is 643. The van der Waals surface area contributed by atoms with Gasteiger partial charge in [0.1, 0.15) is 10.8 Å². The lowest BCUT2D eigenvalue weighted by Crippen LogP contribution is -2.12. The van der Waals surface area contributed by atoms with Crippen LogP contribution in [-0.2, 0) is 0 Å². The van der Waals surface area contributed by atoms with Gasteiger partial charge >= 0.3 is 0 Å². The van der Waals surface area contributed by atoms with Crippen molar-refractivity contribution < 1.29 is 4.39 Å². The highest BCUT2D eigenvalue weighted by Crippen LogP contribution is 2.25. The van der Waals surface area contributed by atoms with Crippen molar-refractivity contribution in [1.29, 1.82) is 0 Å². The first-order chi connectivity index (χ1) is 8.97. The van der Waals surface area contributed by atoms with Gasteiger partial charge < -0.3 is 11.1 Å². The lowest BCUT2D eigenvalue weighted by atomic mass is 10.1. The summed E-state index contributed by atoms with van der Waals surface area (Å²) in [5.41, 5.74) is 8.79. The average molecular weight is 295 g/mol. The molecule has 2 aromatic rings. The minimum atomic E-state index is -0.476. The predicted octanol–water partition coefficient (Wildman–Crippen LogP) is 4.17. The van der Waals surface area contributed by atoms with Crippen LogP contribution in [0.4, 0.5) is 15.8 Å². The number of thiocarbonyl (C=S) groups is 1. The van der Waals surface area contributed by atoms with E-state index in [0.29, 0.717) is 10.7 Å². The second kappa shape index (κ2) is 5.55. The summed E-state index contributed by atoms with van der Waals surface area (Å²) in [6.45, 7) is 1.95. The SMILES string of the molecule is Cc1ccc(Nc2ccc(Cl)c(F)c2)c(C(N)=S)c1. The molecule has 0 amide bonds. The second-order valence-electron chi connectivity index (χ2n) is 4.17. The molecule has 3 N–H and O–H groups in total. The first-order valence-corrected chi connectivity index (χ1v) is 6.38. The average Bonchev–Trinajstić information content (AvgIpc) is 2.36. The predicted molar refractivity (Wildman–Crippen MR) is 81.8 cm³/mol. The Labute approximate surface area is 121 Å². The van der Waals surface area contributed by atoms with E-state index >= 15 is 0 Å². The summed E-state index contributed by atoms with van der Waals surface area (Å²) >= 11 is 10.7. The summed E-state index contributed by atoms with van der Waals surface area (Å²) in [7, 11) is 0. The lowest BCUT2D eigenvalue weighted by Gasteiger charge is -2.12. The maximum absolute atomic E-state index is 13.4. The van der Waals surface area contributed by atoms with Crippen LogP contribution in [0.25, 0.3) is 0 Å². The summed E-state index contributed by atoms with van der Waals surface area (Å²) < 4.78 is 13.4. The molecule has 0 saturated carbocycles. The van der Waals surface area contributed by atoms with Crippen molar-refractivity contribution in [3.05, 3.63) is 58.4 Å². The molecule has 0 bridgehead atoms. The van der Waals surface area contributed by atoms with Gasteiger partial charge in [0.05, 0.1) is 5.02 Å². The molecule has 0 spiro atoms. The topological polar surface area (TPSA) is 38.0 Å². The minimum Gasteiger partial charge on any atom is -0.389 e. The Morgan fingerprint density at radius 3 is 2.63 bits per heavy atom. The van der Waals surface area contributed by atoms with Crippen LogP contribution in [0, 0.1) is 12.7 Å². The first kappa shape index (κ1) is 13.8. The molecule has 0 saturated heterocycles. The van der Waals surface area contributed by atoms with Gasteiger partial charge in [-0.3, -0.25) is 0 Å². The number of hydrogen-bond donors (Lipinski definition) is 2. The maximum atomic E-state index is 13.4. The third-order valence-corrected chi connectivity index (χ3v) is 3.17. The first-order valence-electron chi connectivity index (χ1n) is 5.60. The van der Waals surface area contributed by atoms with Gasteiger partial charge in [-0.05, 0) is 37.3 Å². The summed E-state index contributed by atoms with van der Waals surface area (Å²) in [5.74, 6) is -0.476. The molecule has 2 rings (SSSR count). The third kappa shape index (κ3) is 3.22. The fourth-order valence-corrected chi connectivity index (χ4v) is 1.99. The minimum absolute atomic E-state index is 0.0871. The molecule has 0 unspecified atom stereocenters. The highest BCUT2D eigenvalue weighted by molar-refractivity contribution is 7.80. The van der Waals surface area contributed by atoms with Gasteiger partial charge in [-0.25, -0.2) is 4.39 Å². The summed E-state index contributed by atoms with van der Waals surface area (Å²) in [4.78, 5) is 0.292. The van der Waals surface area contributed by atoms with Gasteiger partial charge in [-0.15, -0.1) is 0 Å². The number of nitrogens with two attached hydrogens (primary N) is 1. The molecule has 5 heteroatoms. The summed E-state index contributed by atoms with van der Waals surface area (Å²) in [5, 5.41) is 3.17. The number of halogens is 2. The second-order valence-corrected chi connectivity index (χ2v) is 5.01. The van der Waals surface area contributed by atoms with E-state index in [1.807, 2.05) is 25.1 Å². The van der Waals surface area contributed by atoms with Crippen LogP contribution in [0.5, 0.6) is 0 Å². The molecule has 0 atom stereocenters.